The van der Waals surface area contributed by atoms with Crippen LogP contribution in [-0.2, 0) is 16.0 Å². The van der Waals surface area contributed by atoms with Crippen LogP contribution in [-0.4, -0.2) is 29.2 Å². The van der Waals surface area contributed by atoms with Gasteiger partial charge in [0, 0.05) is 6.42 Å². The Bertz CT molecular complexity index is 533. The number of alkyl halides is 3. The average Bonchev–Trinajstić information content (AvgIpc) is 2.32. The molecule has 1 rings (SSSR count). The lowest BCUT2D eigenvalue weighted by Crippen LogP contribution is -2.48. The Morgan fingerprint density at radius 3 is 2.45 bits per heavy atom. The summed E-state index contributed by atoms with van der Waals surface area (Å²) in [5, 5.41) is 9.75. The molecule has 0 bridgehead atoms. The van der Waals surface area contributed by atoms with E-state index in [2.05, 4.69) is 0 Å². The highest BCUT2D eigenvalue weighted by molar-refractivity contribution is 6.30. The van der Waals surface area contributed by atoms with Crippen molar-refractivity contribution in [3.8, 4) is 0 Å². The van der Waals surface area contributed by atoms with E-state index in [-0.39, 0.29) is 10.6 Å². The van der Waals surface area contributed by atoms with Gasteiger partial charge in [0.1, 0.15) is 11.9 Å². The van der Waals surface area contributed by atoms with Crippen molar-refractivity contribution in [3.63, 3.8) is 0 Å². The van der Waals surface area contributed by atoms with Crippen molar-refractivity contribution in [2.24, 2.45) is 0 Å². The van der Waals surface area contributed by atoms with Crippen LogP contribution in [0.2, 0.25) is 5.02 Å². The van der Waals surface area contributed by atoms with Gasteiger partial charge in [-0.2, -0.15) is 13.2 Å². The van der Waals surface area contributed by atoms with Gasteiger partial charge in [-0.3, -0.25) is 4.79 Å². The fourth-order valence-corrected chi connectivity index (χ4v) is 1.56. The summed E-state index contributed by atoms with van der Waals surface area (Å²) in [7, 11) is 0. The number of hydrogen-bond donors (Lipinski definition) is 2. The highest BCUT2D eigenvalue weighted by Crippen LogP contribution is 2.20. The number of nitrogens with one attached hydrogen (secondary N) is 1. The van der Waals surface area contributed by atoms with Gasteiger partial charge in [-0.05, 0) is 11.6 Å². The quantitative estimate of drug-likeness (QED) is 0.837. The number of carboxylic acids is 1. The predicted molar refractivity (Wildman–Crippen MR) is 60.7 cm³/mol. The van der Waals surface area contributed by atoms with Gasteiger partial charge in [0.25, 0.3) is 0 Å². The van der Waals surface area contributed by atoms with Crippen LogP contribution in [0, 0.1) is 5.82 Å². The van der Waals surface area contributed by atoms with Crippen LogP contribution < -0.4 is 5.32 Å². The molecule has 1 aromatic carbocycles. The maximum Gasteiger partial charge on any atom is 0.471 e. The van der Waals surface area contributed by atoms with E-state index >= 15 is 0 Å². The average molecular weight is 314 g/mol. The Labute approximate surface area is 115 Å². The first kappa shape index (κ1) is 16.2. The number of rotatable bonds is 4. The largest absolute Gasteiger partial charge is 0.480 e. The van der Waals surface area contributed by atoms with Crippen LogP contribution in [0.3, 0.4) is 0 Å². The molecule has 4 nitrogen and oxygen atoms in total. The Morgan fingerprint density at radius 2 is 1.95 bits per heavy atom. The number of carbonyl (C=O) groups is 2. The van der Waals surface area contributed by atoms with Gasteiger partial charge in [0.15, 0.2) is 0 Å². The predicted octanol–water partition coefficient (Wildman–Crippen LogP) is 2.15. The molecule has 0 saturated carbocycles. The van der Waals surface area contributed by atoms with E-state index < -0.39 is 36.3 Å². The SMILES string of the molecule is O=C(O)[C@H](Cc1cccc(Cl)c1F)NC(=O)C(F)(F)F. The van der Waals surface area contributed by atoms with Crippen molar-refractivity contribution >= 4 is 23.5 Å². The molecule has 1 aromatic rings. The third-order valence-electron chi connectivity index (χ3n) is 2.32. The molecule has 2 N–H and O–H groups in total. The molecule has 0 fully saturated rings. The second-order valence-corrected chi connectivity index (χ2v) is 4.19. The zero-order chi connectivity index (χ0) is 15.5. The lowest BCUT2D eigenvalue weighted by molar-refractivity contribution is -0.175. The number of aliphatic carboxylic acids is 1. The molecule has 0 aromatic heterocycles. The smallest absolute Gasteiger partial charge is 0.471 e. The van der Waals surface area contributed by atoms with E-state index in [1.165, 1.54) is 17.4 Å². The third-order valence-corrected chi connectivity index (χ3v) is 2.61. The van der Waals surface area contributed by atoms with Crippen LogP contribution in [0.15, 0.2) is 18.2 Å². The fraction of sp³-hybridized carbons (Fsp3) is 0.273. The second kappa shape index (κ2) is 6.08. The highest BCUT2D eigenvalue weighted by atomic mass is 35.5. The molecule has 9 heteroatoms. The molecule has 110 valence electrons. The number of carboxylic acid groups (broad SMARTS) is 1. The van der Waals surface area contributed by atoms with Gasteiger partial charge < -0.3 is 10.4 Å². The molecular formula is C11H8ClF4NO3. The molecule has 20 heavy (non-hydrogen) atoms. The molecule has 0 aliphatic carbocycles. The first-order chi connectivity index (χ1) is 9.12. The zero-order valence-corrected chi connectivity index (χ0v) is 10.4. The molecule has 0 saturated heterocycles. The summed E-state index contributed by atoms with van der Waals surface area (Å²) in [5.41, 5.74) is -0.215. The van der Waals surface area contributed by atoms with Crippen molar-refractivity contribution < 1.29 is 32.3 Å². The van der Waals surface area contributed by atoms with E-state index in [4.69, 9.17) is 16.7 Å². The van der Waals surface area contributed by atoms with Crippen molar-refractivity contribution in [2.45, 2.75) is 18.6 Å². The molecule has 1 amide bonds. The van der Waals surface area contributed by atoms with Crippen LogP contribution in [0.5, 0.6) is 0 Å². The van der Waals surface area contributed by atoms with E-state index in [9.17, 15) is 27.2 Å². The first-order valence-electron chi connectivity index (χ1n) is 5.16. The molecule has 0 unspecified atom stereocenters. The number of amides is 1. The van der Waals surface area contributed by atoms with E-state index in [0.29, 0.717) is 0 Å². The van der Waals surface area contributed by atoms with Crippen molar-refractivity contribution in [3.05, 3.63) is 34.6 Å². The summed E-state index contributed by atoms with van der Waals surface area (Å²) < 4.78 is 49.7. The van der Waals surface area contributed by atoms with Crippen LogP contribution in [0.1, 0.15) is 5.56 Å². The summed E-state index contributed by atoms with van der Waals surface area (Å²) in [6.07, 6.45) is -5.88. The molecular weight excluding hydrogens is 306 g/mol. The van der Waals surface area contributed by atoms with Gasteiger partial charge in [0.2, 0.25) is 0 Å². The fourth-order valence-electron chi connectivity index (χ4n) is 1.37. The van der Waals surface area contributed by atoms with E-state index in [1.54, 1.807) is 0 Å². The minimum absolute atomic E-state index is 0.215. The molecule has 0 aliphatic heterocycles. The van der Waals surface area contributed by atoms with Gasteiger partial charge in [0.05, 0.1) is 5.02 Å². The normalized spacial score (nSPS) is 12.8. The van der Waals surface area contributed by atoms with Crippen LogP contribution >= 0.6 is 11.6 Å². The monoisotopic (exact) mass is 313 g/mol. The van der Waals surface area contributed by atoms with Crippen molar-refractivity contribution in [2.75, 3.05) is 0 Å². The van der Waals surface area contributed by atoms with Gasteiger partial charge in [-0.1, -0.05) is 23.7 Å². The van der Waals surface area contributed by atoms with Crippen LogP contribution in [0.4, 0.5) is 17.6 Å². The summed E-state index contributed by atoms with van der Waals surface area (Å²) in [6.45, 7) is 0. The van der Waals surface area contributed by atoms with E-state index in [0.717, 1.165) is 6.07 Å². The summed E-state index contributed by atoms with van der Waals surface area (Å²) in [5.74, 6) is -5.07. The van der Waals surface area contributed by atoms with E-state index in [1.807, 2.05) is 0 Å². The van der Waals surface area contributed by atoms with Gasteiger partial charge in [-0.25, -0.2) is 9.18 Å². The molecule has 1 atom stereocenters. The lowest BCUT2D eigenvalue weighted by Gasteiger charge is -2.16. The summed E-state index contributed by atoms with van der Waals surface area (Å²) in [6, 6.07) is 1.75. The number of halogens is 5. The molecule has 0 aliphatic rings. The highest BCUT2D eigenvalue weighted by Gasteiger charge is 2.41. The van der Waals surface area contributed by atoms with Crippen molar-refractivity contribution in [1.82, 2.24) is 5.32 Å². The van der Waals surface area contributed by atoms with Crippen molar-refractivity contribution in [1.29, 1.82) is 0 Å². The first-order valence-corrected chi connectivity index (χ1v) is 5.54. The molecule has 0 radical (unpaired) electrons. The van der Waals surface area contributed by atoms with Gasteiger partial charge >= 0.3 is 18.1 Å². The molecule has 0 heterocycles. The third kappa shape index (κ3) is 4.09. The number of carbonyl (C=O) groups excluding carboxylic acids is 1. The number of hydrogen-bond acceptors (Lipinski definition) is 2. The Morgan fingerprint density at radius 1 is 1.35 bits per heavy atom. The van der Waals surface area contributed by atoms with Crippen LogP contribution in [0.25, 0.3) is 0 Å². The summed E-state index contributed by atoms with van der Waals surface area (Å²) in [4.78, 5) is 21.5. The Balaban J connectivity index is 2.91. The maximum absolute atomic E-state index is 13.5. The lowest BCUT2D eigenvalue weighted by atomic mass is 10.1. The standard InChI is InChI=1S/C11H8ClF4NO3/c12-6-3-1-2-5(8(6)13)4-7(9(18)19)17-10(20)11(14,15)16/h1-3,7H,4H2,(H,17,20)(H,18,19)/t7-/m0/s1. The number of benzene rings is 1. The summed E-state index contributed by atoms with van der Waals surface area (Å²) >= 11 is 5.47. The second-order valence-electron chi connectivity index (χ2n) is 3.78. The Kier molecular flexibility index (Phi) is 4.93. The maximum atomic E-state index is 13.5. The minimum atomic E-state index is -5.22. The molecule has 0 spiro atoms. The Hall–Kier alpha value is -1.83. The topological polar surface area (TPSA) is 66.4 Å². The minimum Gasteiger partial charge on any atom is -0.480 e. The van der Waals surface area contributed by atoms with Gasteiger partial charge in [-0.15, -0.1) is 0 Å². The zero-order valence-electron chi connectivity index (χ0n) is 9.67.